The molecule has 0 radical (unpaired) electrons. The molecule has 0 fully saturated rings. The standard InChI is InChI=1S/C17H23NO2/c1-4-12(2)14-5-7-16(8-6-14)19-11-15-9-17(10-18)20-13(15)3/h5-9,12H,4,10-11,18H2,1-3H3. The first-order chi connectivity index (χ1) is 9.63. The minimum atomic E-state index is 0.421. The Morgan fingerprint density at radius 2 is 1.95 bits per heavy atom. The molecule has 1 unspecified atom stereocenters. The van der Waals surface area contributed by atoms with E-state index in [-0.39, 0.29) is 0 Å². The maximum atomic E-state index is 5.80. The third kappa shape index (κ3) is 3.42. The van der Waals surface area contributed by atoms with E-state index >= 15 is 0 Å². The molecule has 0 aliphatic rings. The molecule has 108 valence electrons. The first kappa shape index (κ1) is 14.7. The summed E-state index contributed by atoms with van der Waals surface area (Å²) in [5, 5.41) is 0. The van der Waals surface area contributed by atoms with Crippen LogP contribution in [0.1, 0.15) is 48.8 Å². The van der Waals surface area contributed by atoms with Crippen LogP contribution in [0.15, 0.2) is 34.7 Å². The SMILES string of the molecule is CCC(C)c1ccc(OCc2cc(CN)oc2C)cc1. The van der Waals surface area contributed by atoms with Crippen LogP contribution < -0.4 is 10.5 Å². The maximum absolute atomic E-state index is 5.80. The molecule has 0 saturated heterocycles. The van der Waals surface area contributed by atoms with Crippen LogP contribution in [0.25, 0.3) is 0 Å². The molecular formula is C17H23NO2. The van der Waals surface area contributed by atoms with Gasteiger partial charge in [0.1, 0.15) is 23.9 Å². The van der Waals surface area contributed by atoms with Gasteiger partial charge in [0.15, 0.2) is 0 Å². The summed E-state index contributed by atoms with van der Waals surface area (Å²) in [5.41, 5.74) is 7.97. The van der Waals surface area contributed by atoms with Crippen LogP contribution in [-0.2, 0) is 13.2 Å². The van der Waals surface area contributed by atoms with Crippen LogP contribution in [-0.4, -0.2) is 0 Å². The number of hydrogen-bond acceptors (Lipinski definition) is 3. The number of furan rings is 1. The highest BCUT2D eigenvalue weighted by Gasteiger charge is 2.07. The van der Waals surface area contributed by atoms with Gasteiger partial charge in [-0.05, 0) is 43.0 Å². The molecule has 0 aliphatic carbocycles. The van der Waals surface area contributed by atoms with Crippen molar-refractivity contribution in [2.45, 2.75) is 46.3 Å². The van der Waals surface area contributed by atoms with E-state index in [1.54, 1.807) is 0 Å². The minimum absolute atomic E-state index is 0.421. The number of hydrogen-bond donors (Lipinski definition) is 1. The molecule has 0 bridgehead atoms. The molecule has 2 aromatic rings. The largest absolute Gasteiger partial charge is 0.489 e. The predicted molar refractivity (Wildman–Crippen MR) is 80.8 cm³/mol. The van der Waals surface area contributed by atoms with Gasteiger partial charge >= 0.3 is 0 Å². The first-order valence-corrected chi connectivity index (χ1v) is 7.15. The van der Waals surface area contributed by atoms with Gasteiger partial charge < -0.3 is 14.9 Å². The molecule has 3 heteroatoms. The zero-order chi connectivity index (χ0) is 14.5. The molecule has 2 N–H and O–H groups in total. The van der Waals surface area contributed by atoms with E-state index in [1.165, 1.54) is 5.56 Å². The van der Waals surface area contributed by atoms with Gasteiger partial charge in [-0.1, -0.05) is 26.0 Å². The number of nitrogens with two attached hydrogens (primary N) is 1. The van der Waals surface area contributed by atoms with Crippen LogP contribution in [0, 0.1) is 6.92 Å². The molecule has 20 heavy (non-hydrogen) atoms. The van der Waals surface area contributed by atoms with E-state index in [4.69, 9.17) is 14.9 Å². The van der Waals surface area contributed by atoms with Crippen molar-refractivity contribution in [1.29, 1.82) is 0 Å². The van der Waals surface area contributed by atoms with E-state index in [2.05, 4.69) is 26.0 Å². The van der Waals surface area contributed by atoms with E-state index in [9.17, 15) is 0 Å². The van der Waals surface area contributed by atoms with Gasteiger partial charge in [0.2, 0.25) is 0 Å². The van der Waals surface area contributed by atoms with Crippen molar-refractivity contribution in [2.75, 3.05) is 0 Å². The summed E-state index contributed by atoms with van der Waals surface area (Å²) in [4.78, 5) is 0. The number of rotatable bonds is 6. The van der Waals surface area contributed by atoms with Gasteiger partial charge in [0, 0.05) is 5.56 Å². The lowest BCUT2D eigenvalue weighted by atomic mass is 9.99. The second-order valence-electron chi connectivity index (χ2n) is 5.17. The number of ether oxygens (including phenoxy) is 1. The summed E-state index contributed by atoms with van der Waals surface area (Å²) in [7, 11) is 0. The summed E-state index contributed by atoms with van der Waals surface area (Å²) in [5.74, 6) is 3.15. The van der Waals surface area contributed by atoms with Crippen LogP contribution in [0.2, 0.25) is 0 Å². The van der Waals surface area contributed by atoms with Crippen molar-refractivity contribution in [2.24, 2.45) is 5.73 Å². The van der Waals surface area contributed by atoms with E-state index in [0.29, 0.717) is 19.1 Å². The van der Waals surface area contributed by atoms with Crippen molar-refractivity contribution >= 4 is 0 Å². The minimum Gasteiger partial charge on any atom is -0.489 e. The highest BCUT2D eigenvalue weighted by molar-refractivity contribution is 5.30. The van der Waals surface area contributed by atoms with Crippen LogP contribution >= 0.6 is 0 Å². The van der Waals surface area contributed by atoms with Crippen molar-refractivity contribution < 1.29 is 9.15 Å². The van der Waals surface area contributed by atoms with Gasteiger partial charge in [-0.15, -0.1) is 0 Å². The Balaban J connectivity index is 1.98. The van der Waals surface area contributed by atoms with Crippen molar-refractivity contribution in [3.8, 4) is 5.75 Å². The highest BCUT2D eigenvalue weighted by Crippen LogP contribution is 2.23. The van der Waals surface area contributed by atoms with Gasteiger partial charge in [-0.25, -0.2) is 0 Å². The second-order valence-corrected chi connectivity index (χ2v) is 5.17. The summed E-state index contributed by atoms with van der Waals surface area (Å²) in [6.45, 7) is 7.30. The zero-order valence-electron chi connectivity index (χ0n) is 12.5. The summed E-state index contributed by atoms with van der Waals surface area (Å²) < 4.78 is 11.3. The van der Waals surface area contributed by atoms with Crippen molar-refractivity contribution in [3.05, 3.63) is 53.0 Å². The lowest BCUT2D eigenvalue weighted by molar-refractivity contribution is 0.303. The summed E-state index contributed by atoms with van der Waals surface area (Å²) in [6, 6.07) is 10.3. The average molecular weight is 273 g/mol. The van der Waals surface area contributed by atoms with Crippen LogP contribution in [0.4, 0.5) is 0 Å². The molecule has 1 heterocycles. The van der Waals surface area contributed by atoms with Gasteiger partial charge in [-0.2, -0.15) is 0 Å². The fourth-order valence-electron chi connectivity index (χ4n) is 2.12. The van der Waals surface area contributed by atoms with Crippen molar-refractivity contribution in [3.63, 3.8) is 0 Å². The monoisotopic (exact) mass is 273 g/mol. The average Bonchev–Trinajstić information content (AvgIpc) is 2.85. The Labute approximate surface area is 120 Å². The Bertz CT molecular complexity index is 543. The topological polar surface area (TPSA) is 48.4 Å². The molecule has 1 atom stereocenters. The Hall–Kier alpha value is -1.74. The van der Waals surface area contributed by atoms with E-state index in [1.807, 2.05) is 25.1 Å². The molecule has 2 rings (SSSR count). The molecule has 0 spiro atoms. The van der Waals surface area contributed by atoms with E-state index < -0.39 is 0 Å². The van der Waals surface area contributed by atoms with Crippen LogP contribution in [0.3, 0.4) is 0 Å². The third-order valence-corrected chi connectivity index (χ3v) is 3.73. The molecular weight excluding hydrogens is 250 g/mol. The lowest BCUT2D eigenvalue weighted by Gasteiger charge is -2.10. The fourth-order valence-corrected chi connectivity index (χ4v) is 2.12. The molecule has 0 aliphatic heterocycles. The third-order valence-electron chi connectivity index (χ3n) is 3.73. The van der Waals surface area contributed by atoms with Crippen molar-refractivity contribution in [1.82, 2.24) is 0 Å². The Morgan fingerprint density at radius 3 is 2.50 bits per heavy atom. The Kier molecular flexibility index (Phi) is 4.85. The summed E-state index contributed by atoms with van der Waals surface area (Å²) in [6.07, 6.45) is 1.15. The Morgan fingerprint density at radius 1 is 1.25 bits per heavy atom. The van der Waals surface area contributed by atoms with Gasteiger partial charge in [-0.3, -0.25) is 0 Å². The number of aryl methyl sites for hydroxylation is 1. The second kappa shape index (κ2) is 6.62. The quantitative estimate of drug-likeness (QED) is 0.860. The molecule has 0 amide bonds. The van der Waals surface area contributed by atoms with Gasteiger partial charge in [0.05, 0.1) is 6.54 Å². The normalized spacial score (nSPS) is 12.4. The molecule has 3 nitrogen and oxygen atoms in total. The van der Waals surface area contributed by atoms with Crippen LogP contribution in [0.5, 0.6) is 5.75 Å². The number of benzene rings is 1. The summed E-state index contributed by atoms with van der Waals surface area (Å²) >= 11 is 0. The molecule has 0 saturated carbocycles. The molecule has 1 aromatic carbocycles. The smallest absolute Gasteiger partial charge is 0.119 e. The predicted octanol–water partition coefficient (Wildman–Crippen LogP) is 4.14. The highest BCUT2D eigenvalue weighted by atomic mass is 16.5. The fraction of sp³-hybridized carbons (Fsp3) is 0.412. The van der Waals surface area contributed by atoms with E-state index in [0.717, 1.165) is 29.3 Å². The lowest BCUT2D eigenvalue weighted by Crippen LogP contribution is -1.97. The van der Waals surface area contributed by atoms with Gasteiger partial charge in [0.25, 0.3) is 0 Å². The first-order valence-electron chi connectivity index (χ1n) is 7.15. The molecule has 1 aromatic heterocycles. The zero-order valence-corrected chi connectivity index (χ0v) is 12.5. The maximum Gasteiger partial charge on any atom is 0.119 e.